The lowest BCUT2D eigenvalue weighted by Gasteiger charge is -2.13. The Bertz CT molecular complexity index is 893. The average molecular weight is 310 g/mol. The number of carbonyl (C=O) groups excluding carboxylic acids is 1. The zero-order valence-corrected chi connectivity index (χ0v) is 12.5. The van der Waals surface area contributed by atoms with Gasteiger partial charge >= 0.3 is 0 Å². The Morgan fingerprint density at radius 2 is 2.04 bits per heavy atom. The van der Waals surface area contributed by atoms with E-state index in [-0.39, 0.29) is 12.4 Å². The maximum Gasteiger partial charge on any atom is 0.255 e. The SMILES string of the molecule is Cc1ccc(OCC(N)=O)c(-c2cc(F)cc3cccnc23)c1. The first kappa shape index (κ1) is 15.0. The van der Waals surface area contributed by atoms with Crippen LogP contribution >= 0.6 is 0 Å². The Morgan fingerprint density at radius 1 is 1.22 bits per heavy atom. The second-order valence-electron chi connectivity index (χ2n) is 5.28. The zero-order chi connectivity index (χ0) is 16.4. The van der Waals surface area contributed by atoms with Gasteiger partial charge in [0.05, 0.1) is 5.52 Å². The first-order chi connectivity index (χ1) is 11.0. The van der Waals surface area contributed by atoms with Gasteiger partial charge in [-0.05, 0) is 37.3 Å². The van der Waals surface area contributed by atoms with Crippen LogP contribution in [0.2, 0.25) is 0 Å². The lowest BCUT2D eigenvalue weighted by Crippen LogP contribution is -2.20. The fourth-order valence-corrected chi connectivity index (χ4v) is 2.49. The number of aromatic nitrogens is 1. The summed E-state index contributed by atoms with van der Waals surface area (Å²) < 4.78 is 19.5. The van der Waals surface area contributed by atoms with Gasteiger partial charge in [0.1, 0.15) is 11.6 Å². The Kier molecular flexibility index (Phi) is 3.93. The summed E-state index contributed by atoms with van der Waals surface area (Å²) in [6.45, 7) is 1.69. The van der Waals surface area contributed by atoms with Crippen LogP contribution in [0, 0.1) is 12.7 Å². The number of benzene rings is 2. The molecule has 23 heavy (non-hydrogen) atoms. The number of rotatable bonds is 4. The van der Waals surface area contributed by atoms with Crippen LogP contribution in [0.1, 0.15) is 5.56 Å². The van der Waals surface area contributed by atoms with Gasteiger partial charge in [0, 0.05) is 22.7 Å². The molecule has 3 aromatic rings. The summed E-state index contributed by atoms with van der Waals surface area (Å²) in [5.74, 6) is -0.464. The van der Waals surface area contributed by atoms with Crippen molar-refractivity contribution in [2.75, 3.05) is 6.61 Å². The van der Waals surface area contributed by atoms with E-state index in [2.05, 4.69) is 4.98 Å². The van der Waals surface area contributed by atoms with Crippen LogP contribution in [-0.4, -0.2) is 17.5 Å². The molecule has 0 bridgehead atoms. The number of hydrogen-bond donors (Lipinski definition) is 1. The number of amides is 1. The highest BCUT2D eigenvalue weighted by Crippen LogP contribution is 2.35. The molecule has 1 aromatic heterocycles. The molecule has 2 N–H and O–H groups in total. The third-order valence-electron chi connectivity index (χ3n) is 3.46. The topological polar surface area (TPSA) is 65.2 Å². The Hall–Kier alpha value is -2.95. The van der Waals surface area contributed by atoms with E-state index in [1.807, 2.05) is 19.1 Å². The number of halogens is 1. The monoisotopic (exact) mass is 310 g/mol. The minimum Gasteiger partial charge on any atom is -0.483 e. The Labute approximate surface area is 132 Å². The maximum atomic E-state index is 14.0. The van der Waals surface area contributed by atoms with Crippen LogP contribution in [-0.2, 0) is 4.79 Å². The number of ether oxygens (including phenoxy) is 1. The summed E-state index contributed by atoms with van der Waals surface area (Å²) in [5.41, 5.74) is 8.08. The summed E-state index contributed by atoms with van der Waals surface area (Å²) >= 11 is 0. The molecule has 0 aliphatic heterocycles. The van der Waals surface area contributed by atoms with E-state index in [4.69, 9.17) is 10.5 Å². The molecule has 5 heteroatoms. The van der Waals surface area contributed by atoms with Crippen molar-refractivity contribution in [3.63, 3.8) is 0 Å². The molecule has 0 spiro atoms. The summed E-state index contributed by atoms with van der Waals surface area (Å²) in [4.78, 5) is 15.3. The van der Waals surface area contributed by atoms with Gasteiger partial charge in [-0.1, -0.05) is 17.7 Å². The number of nitrogens with zero attached hydrogens (tertiary/aromatic N) is 1. The molecule has 116 valence electrons. The molecule has 0 aliphatic rings. The summed E-state index contributed by atoms with van der Waals surface area (Å²) in [5, 5.41) is 0.699. The predicted molar refractivity (Wildman–Crippen MR) is 86.6 cm³/mol. The largest absolute Gasteiger partial charge is 0.483 e. The fourth-order valence-electron chi connectivity index (χ4n) is 2.49. The molecular formula is C18H15FN2O2. The third-order valence-corrected chi connectivity index (χ3v) is 3.46. The summed E-state index contributed by atoms with van der Waals surface area (Å²) in [6, 6.07) is 11.9. The Balaban J connectivity index is 2.21. The number of primary amides is 1. The molecule has 0 saturated heterocycles. The van der Waals surface area contributed by atoms with Gasteiger partial charge in [-0.2, -0.15) is 0 Å². The van der Waals surface area contributed by atoms with E-state index >= 15 is 0 Å². The number of carbonyl (C=O) groups is 1. The van der Waals surface area contributed by atoms with Gasteiger partial charge in [0.15, 0.2) is 6.61 Å². The number of aryl methyl sites for hydroxylation is 1. The summed E-state index contributed by atoms with van der Waals surface area (Å²) in [7, 11) is 0. The van der Waals surface area contributed by atoms with Crippen LogP contribution in [0.5, 0.6) is 5.75 Å². The van der Waals surface area contributed by atoms with Crippen LogP contribution in [0.4, 0.5) is 4.39 Å². The highest BCUT2D eigenvalue weighted by molar-refractivity contribution is 5.95. The minimum atomic E-state index is -0.571. The number of nitrogens with two attached hydrogens (primary N) is 1. The lowest BCUT2D eigenvalue weighted by atomic mass is 9.99. The van der Waals surface area contributed by atoms with Gasteiger partial charge in [0.25, 0.3) is 5.91 Å². The van der Waals surface area contributed by atoms with E-state index in [1.165, 1.54) is 12.1 Å². The quantitative estimate of drug-likeness (QED) is 0.804. The second kappa shape index (κ2) is 6.04. The van der Waals surface area contributed by atoms with Crippen molar-refractivity contribution in [3.8, 4) is 16.9 Å². The first-order valence-electron chi connectivity index (χ1n) is 7.11. The second-order valence-corrected chi connectivity index (χ2v) is 5.28. The van der Waals surface area contributed by atoms with E-state index in [9.17, 15) is 9.18 Å². The number of hydrogen-bond acceptors (Lipinski definition) is 3. The van der Waals surface area contributed by atoms with E-state index in [0.717, 1.165) is 5.56 Å². The smallest absolute Gasteiger partial charge is 0.255 e. The van der Waals surface area contributed by atoms with Gasteiger partial charge in [0.2, 0.25) is 0 Å². The maximum absolute atomic E-state index is 14.0. The number of fused-ring (bicyclic) bond motifs is 1. The molecule has 0 unspecified atom stereocenters. The van der Waals surface area contributed by atoms with Crippen molar-refractivity contribution < 1.29 is 13.9 Å². The van der Waals surface area contributed by atoms with Crippen LogP contribution in [0.3, 0.4) is 0 Å². The van der Waals surface area contributed by atoms with E-state index in [0.29, 0.717) is 27.8 Å². The standard InChI is InChI=1S/C18H15FN2O2/c1-11-4-5-16(23-10-17(20)22)14(7-11)15-9-13(19)8-12-3-2-6-21-18(12)15/h2-9H,10H2,1H3,(H2,20,22). The molecule has 1 amide bonds. The normalized spacial score (nSPS) is 10.7. The van der Waals surface area contributed by atoms with Gasteiger partial charge < -0.3 is 10.5 Å². The van der Waals surface area contributed by atoms with Gasteiger partial charge in [-0.25, -0.2) is 4.39 Å². The lowest BCUT2D eigenvalue weighted by molar-refractivity contribution is -0.119. The molecular weight excluding hydrogens is 295 g/mol. The third kappa shape index (κ3) is 3.13. The predicted octanol–water partition coefficient (Wildman–Crippen LogP) is 3.21. The molecule has 3 rings (SSSR count). The fraction of sp³-hybridized carbons (Fsp3) is 0.111. The van der Waals surface area contributed by atoms with Crippen molar-refractivity contribution in [2.45, 2.75) is 6.92 Å². The van der Waals surface area contributed by atoms with Crippen molar-refractivity contribution in [1.29, 1.82) is 0 Å². The van der Waals surface area contributed by atoms with Gasteiger partial charge in [-0.3, -0.25) is 9.78 Å². The summed E-state index contributed by atoms with van der Waals surface area (Å²) in [6.07, 6.45) is 1.66. The Morgan fingerprint density at radius 3 is 2.83 bits per heavy atom. The average Bonchev–Trinajstić information content (AvgIpc) is 2.52. The van der Waals surface area contributed by atoms with Crippen molar-refractivity contribution >= 4 is 16.8 Å². The molecule has 0 fully saturated rings. The van der Waals surface area contributed by atoms with E-state index in [1.54, 1.807) is 24.4 Å². The molecule has 0 saturated carbocycles. The van der Waals surface area contributed by atoms with Crippen LogP contribution in [0.25, 0.3) is 22.0 Å². The molecule has 0 radical (unpaired) electrons. The van der Waals surface area contributed by atoms with Crippen molar-refractivity contribution in [1.82, 2.24) is 4.98 Å². The van der Waals surface area contributed by atoms with Crippen molar-refractivity contribution in [3.05, 3.63) is 60.0 Å². The highest BCUT2D eigenvalue weighted by atomic mass is 19.1. The van der Waals surface area contributed by atoms with Crippen LogP contribution in [0.15, 0.2) is 48.7 Å². The first-order valence-corrected chi connectivity index (χ1v) is 7.11. The molecule has 1 heterocycles. The van der Waals surface area contributed by atoms with Gasteiger partial charge in [-0.15, -0.1) is 0 Å². The number of pyridine rings is 1. The molecule has 0 atom stereocenters. The molecule has 4 nitrogen and oxygen atoms in total. The van der Waals surface area contributed by atoms with Crippen LogP contribution < -0.4 is 10.5 Å². The highest BCUT2D eigenvalue weighted by Gasteiger charge is 2.13. The molecule has 0 aliphatic carbocycles. The molecule has 2 aromatic carbocycles. The van der Waals surface area contributed by atoms with Crippen molar-refractivity contribution in [2.24, 2.45) is 5.73 Å². The zero-order valence-electron chi connectivity index (χ0n) is 12.5. The van der Waals surface area contributed by atoms with E-state index < -0.39 is 5.91 Å². The minimum absolute atomic E-state index is 0.239.